The Kier molecular flexibility index (Phi) is 6.39. The lowest BCUT2D eigenvalue weighted by atomic mass is 10.1. The van der Waals surface area contributed by atoms with E-state index in [-0.39, 0.29) is 5.91 Å². The third-order valence-corrected chi connectivity index (χ3v) is 2.82. The van der Waals surface area contributed by atoms with Crippen molar-refractivity contribution in [1.82, 2.24) is 4.90 Å². The van der Waals surface area contributed by atoms with Gasteiger partial charge in [-0.15, -0.1) is 0 Å². The molecule has 0 radical (unpaired) electrons. The van der Waals surface area contributed by atoms with Crippen LogP contribution in [0, 0.1) is 0 Å². The van der Waals surface area contributed by atoms with Crippen molar-refractivity contribution >= 4 is 5.91 Å². The van der Waals surface area contributed by atoms with E-state index < -0.39 is 0 Å². The molecule has 0 fully saturated rings. The smallest absolute Gasteiger partial charge is 0.253 e. The summed E-state index contributed by atoms with van der Waals surface area (Å²) < 4.78 is 4.97. The number of carbonyl (C=O) groups excluding carboxylic acids is 1. The molecule has 0 aliphatic carbocycles. The fraction of sp³-hybridized carbons (Fsp3) is 0.500. The summed E-state index contributed by atoms with van der Waals surface area (Å²) >= 11 is 0. The summed E-state index contributed by atoms with van der Waals surface area (Å²) in [6.45, 7) is 2.01. The topological polar surface area (TPSA) is 55.6 Å². The predicted octanol–water partition coefficient (Wildman–Crippen LogP) is 1.30. The molecule has 1 aromatic rings. The molecule has 100 valence electrons. The fourth-order valence-electron chi connectivity index (χ4n) is 1.75. The zero-order valence-corrected chi connectivity index (χ0v) is 11.2. The van der Waals surface area contributed by atoms with Crippen molar-refractivity contribution in [3.8, 4) is 0 Å². The van der Waals surface area contributed by atoms with E-state index in [4.69, 9.17) is 10.5 Å². The van der Waals surface area contributed by atoms with Crippen LogP contribution in [-0.2, 0) is 11.2 Å². The number of benzene rings is 1. The number of nitrogens with two attached hydrogens (primary N) is 1. The van der Waals surface area contributed by atoms with Gasteiger partial charge in [0.2, 0.25) is 0 Å². The second-order valence-electron chi connectivity index (χ2n) is 4.31. The Morgan fingerprint density at radius 2 is 2.00 bits per heavy atom. The first-order chi connectivity index (χ1) is 8.69. The van der Waals surface area contributed by atoms with Crippen LogP contribution in [0.4, 0.5) is 0 Å². The highest BCUT2D eigenvalue weighted by atomic mass is 16.5. The van der Waals surface area contributed by atoms with E-state index in [0.717, 1.165) is 24.0 Å². The Balaban J connectivity index is 2.54. The lowest BCUT2D eigenvalue weighted by Crippen LogP contribution is -2.28. The van der Waals surface area contributed by atoms with Gasteiger partial charge in [-0.25, -0.2) is 0 Å². The molecular weight excluding hydrogens is 228 g/mol. The Morgan fingerprint density at radius 1 is 1.33 bits per heavy atom. The van der Waals surface area contributed by atoms with E-state index in [2.05, 4.69) is 0 Å². The summed E-state index contributed by atoms with van der Waals surface area (Å²) in [7, 11) is 3.48. The van der Waals surface area contributed by atoms with Crippen molar-refractivity contribution in [2.45, 2.75) is 12.8 Å². The number of ether oxygens (including phenoxy) is 1. The number of carbonyl (C=O) groups is 1. The van der Waals surface area contributed by atoms with Crippen LogP contribution in [-0.4, -0.2) is 44.7 Å². The van der Waals surface area contributed by atoms with Crippen molar-refractivity contribution in [2.24, 2.45) is 5.73 Å². The quantitative estimate of drug-likeness (QED) is 0.742. The third kappa shape index (κ3) is 4.47. The highest BCUT2D eigenvalue weighted by molar-refractivity contribution is 5.94. The minimum absolute atomic E-state index is 0.0467. The summed E-state index contributed by atoms with van der Waals surface area (Å²) in [6, 6.07) is 7.65. The number of hydrogen-bond donors (Lipinski definition) is 1. The van der Waals surface area contributed by atoms with Gasteiger partial charge in [0.15, 0.2) is 0 Å². The largest absolute Gasteiger partial charge is 0.385 e. The van der Waals surface area contributed by atoms with E-state index in [9.17, 15) is 4.79 Å². The third-order valence-electron chi connectivity index (χ3n) is 2.82. The highest BCUT2D eigenvalue weighted by Gasteiger charge is 2.10. The molecule has 0 aliphatic heterocycles. The van der Waals surface area contributed by atoms with Crippen LogP contribution in [0.15, 0.2) is 24.3 Å². The molecule has 0 aliphatic rings. The molecule has 1 amide bonds. The SMILES string of the molecule is COCCCN(C)C(=O)c1ccc(CCN)cc1. The number of hydrogen-bond acceptors (Lipinski definition) is 3. The average molecular weight is 250 g/mol. The molecule has 0 unspecified atom stereocenters. The molecule has 4 nitrogen and oxygen atoms in total. The van der Waals surface area contributed by atoms with Crippen LogP contribution in [0.5, 0.6) is 0 Å². The standard InChI is InChI=1S/C14H22N2O2/c1-16(10-3-11-18-2)14(17)13-6-4-12(5-7-13)8-9-15/h4-7H,3,8-11,15H2,1-2H3. The molecular formula is C14H22N2O2. The first-order valence-corrected chi connectivity index (χ1v) is 6.22. The van der Waals surface area contributed by atoms with E-state index in [1.54, 1.807) is 12.0 Å². The van der Waals surface area contributed by atoms with Crippen molar-refractivity contribution in [3.63, 3.8) is 0 Å². The molecule has 0 bridgehead atoms. The van der Waals surface area contributed by atoms with E-state index in [1.807, 2.05) is 31.3 Å². The number of nitrogens with zero attached hydrogens (tertiary/aromatic N) is 1. The maximum absolute atomic E-state index is 12.1. The van der Waals surface area contributed by atoms with Crippen LogP contribution in [0.1, 0.15) is 22.3 Å². The molecule has 0 aromatic heterocycles. The van der Waals surface area contributed by atoms with E-state index >= 15 is 0 Å². The maximum atomic E-state index is 12.1. The van der Waals surface area contributed by atoms with Gasteiger partial charge >= 0.3 is 0 Å². The second kappa shape index (κ2) is 7.84. The van der Waals surface area contributed by atoms with Crippen LogP contribution < -0.4 is 5.73 Å². The number of methoxy groups -OCH3 is 1. The maximum Gasteiger partial charge on any atom is 0.253 e. The first-order valence-electron chi connectivity index (χ1n) is 6.22. The Hall–Kier alpha value is -1.39. The van der Waals surface area contributed by atoms with Crippen LogP contribution >= 0.6 is 0 Å². The second-order valence-corrected chi connectivity index (χ2v) is 4.31. The molecule has 18 heavy (non-hydrogen) atoms. The van der Waals surface area contributed by atoms with E-state index in [0.29, 0.717) is 19.7 Å². The van der Waals surface area contributed by atoms with Crippen molar-refractivity contribution < 1.29 is 9.53 Å². The summed E-state index contributed by atoms with van der Waals surface area (Å²) in [6.07, 6.45) is 1.70. The Bertz CT molecular complexity index is 363. The Labute approximate surface area is 109 Å². The van der Waals surface area contributed by atoms with E-state index in [1.165, 1.54) is 0 Å². The minimum atomic E-state index is 0.0467. The average Bonchev–Trinajstić information content (AvgIpc) is 2.39. The molecule has 1 aromatic carbocycles. The van der Waals surface area contributed by atoms with Crippen molar-refractivity contribution in [2.75, 3.05) is 33.9 Å². The molecule has 0 heterocycles. The lowest BCUT2D eigenvalue weighted by Gasteiger charge is -2.17. The molecule has 0 saturated carbocycles. The van der Waals surface area contributed by atoms with Crippen LogP contribution in [0.25, 0.3) is 0 Å². The van der Waals surface area contributed by atoms with Gasteiger partial charge in [0.1, 0.15) is 0 Å². The van der Waals surface area contributed by atoms with Gasteiger partial charge < -0.3 is 15.4 Å². The van der Waals surface area contributed by atoms with Gasteiger partial charge in [-0.1, -0.05) is 12.1 Å². The van der Waals surface area contributed by atoms with Gasteiger partial charge in [-0.3, -0.25) is 4.79 Å². The molecule has 1 rings (SSSR count). The first kappa shape index (κ1) is 14.7. The van der Waals surface area contributed by atoms with Gasteiger partial charge in [-0.05, 0) is 37.1 Å². The molecule has 0 spiro atoms. The minimum Gasteiger partial charge on any atom is -0.385 e. The summed E-state index contributed by atoms with van der Waals surface area (Å²) in [5.41, 5.74) is 7.37. The zero-order chi connectivity index (χ0) is 13.4. The number of amides is 1. The zero-order valence-electron chi connectivity index (χ0n) is 11.2. The molecule has 2 N–H and O–H groups in total. The molecule has 4 heteroatoms. The summed E-state index contributed by atoms with van der Waals surface area (Å²) in [4.78, 5) is 13.8. The molecule has 0 saturated heterocycles. The monoisotopic (exact) mass is 250 g/mol. The van der Waals surface area contributed by atoms with Crippen LogP contribution in [0.3, 0.4) is 0 Å². The van der Waals surface area contributed by atoms with Crippen molar-refractivity contribution in [1.29, 1.82) is 0 Å². The normalized spacial score (nSPS) is 10.4. The van der Waals surface area contributed by atoms with Crippen LogP contribution in [0.2, 0.25) is 0 Å². The lowest BCUT2D eigenvalue weighted by molar-refractivity contribution is 0.0779. The highest BCUT2D eigenvalue weighted by Crippen LogP contribution is 2.07. The number of rotatable bonds is 7. The van der Waals surface area contributed by atoms with Gasteiger partial charge in [0, 0.05) is 32.9 Å². The summed E-state index contributed by atoms with van der Waals surface area (Å²) in [5, 5.41) is 0. The van der Waals surface area contributed by atoms with Gasteiger partial charge in [-0.2, -0.15) is 0 Å². The fourth-order valence-corrected chi connectivity index (χ4v) is 1.75. The molecule has 0 atom stereocenters. The van der Waals surface area contributed by atoms with Gasteiger partial charge in [0.05, 0.1) is 0 Å². The Morgan fingerprint density at radius 3 is 2.56 bits per heavy atom. The van der Waals surface area contributed by atoms with Gasteiger partial charge in [0.25, 0.3) is 5.91 Å². The predicted molar refractivity (Wildman–Crippen MR) is 72.7 cm³/mol. The summed E-state index contributed by atoms with van der Waals surface area (Å²) in [5.74, 6) is 0.0467. The van der Waals surface area contributed by atoms with Crippen molar-refractivity contribution in [3.05, 3.63) is 35.4 Å².